The summed E-state index contributed by atoms with van der Waals surface area (Å²) >= 11 is 0. The molecule has 0 bridgehead atoms. The second-order valence-electron chi connectivity index (χ2n) is 9.33. The summed E-state index contributed by atoms with van der Waals surface area (Å²) in [6.07, 6.45) is 0. The van der Waals surface area contributed by atoms with Gasteiger partial charge >= 0.3 is 0 Å². The van der Waals surface area contributed by atoms with Crippen LogP contribution in [0.25, 0.3) is 0 Å². The van der Waals surface area contributed by atoms with E-state index in [1.807, 2.05) is 38.1 Å². The minimum atomic E-state index is -0.0267. The number of phenolic OH excluding ortho intramolecular Hbond substituents is 2. The SMILES string of the molecule is CC(=NN=C(C)c1cc(C(C)(C)C)ccc1O)c1cc(C(C)(C)C)ccc1O. The van der Waals surface area contributed by atoms with E-state index in [9.17, 15) is 10.2 Å². The average Bonchev–Trinajstić information content (AvgIpc) is 2.58. The van der Waals surface area contributed by atoms with Crippen LogP contribution >= 0.6 is 0 Å². The van der Waals surface area contributed by atoms with Crippen molar-refractivity contribution in [2.75, 3.05) is 0 Å². The van der Waals surface area contributed by atoms with E-state index in [2.05, 4.69) is 51.7 Å². The first kappa shape index (κ1) is 21.7. The van der Waals surface area contributed by atoms with Crippen molar-refractivity contribution in [1.29, 1.82) is 0 Å². The van der Waals surface area contributed by atoms with Crippen molar-refractivity contribution >= 4 is 11.4 Å². The molecule has 0 spiro atoms. The molecule has 0 unspecified atom stereocenters. The van der Waals surface area contributed by atoms with Crippen molar-refractivity contribution in [1.82, 2.24) is 0 Å². The van der Waals surface area contributed by atoms with Crippen LogP contribution in [0.1, 0.15) is 77.6 Å². The molecule has 0 saturated heterocycles. The maximum atomic E-state index is 10.3. The molecule has 0 aliphatic heterocycles. The van der Waals surface area contributed by atoms with E-state index in [1.165, 1.54) is 0 Å². The minimum absolute atomic E-state index is 0.0267. The fraction of sp³-hybridized carbons (Fsp3) is 0.417. The number of phenols is 2. The van der Waals surface area contributed by atoms with Gasteiger partial charge in [-0.2, -0.15) is 10.2 Å². The predicted octanol–water partition coefficient (Wildman–Crippen LogP) is 5.93. The third kappa shape index (κ3) is 5.00. The van der Waals surface area contributed by atoms with E-state index in [0.29, 0.717) is 22.6 Å². The molecule has 0 fully saturated rings. The fourth-order valence-electron chi connectivity index (χ4n) is 2.84. The lowest BCUT2D eigenvalue weighted by Crippen LogP contribution is -2.12. The highest BCUT2D eigenvalue weighted by molar-refractivity contribution is 6.04. The number of hydrogen-bond acceptors (Lipinski definition) is 4. The maximum Gasteiger partial charge on any atom is 0.124 e. The van der Waals surface area contributed by atoms with Crippen LogP contribution in [0.4, 0.5) is 0 Å². The molecule has 0 saturated carbocycles. The highest BCUT2D eigenvalue weighted by atomic mass is 16.3. The first-order valence-corrected chi connectivity index (χ1v) is 9.57. The standard InChI is InChI=1S/C24H32N2O2/c1-15(19-13-17(23(3,4)5)9-11-21(19)27)25-26-16(2)20-14-18(24(6,7)8)10-12-22(20)28/h9-14,27-28H,1-8H3. The van der Waals surface area contributed by atoms with Crippen LogP contribution in [0.3, 0.4) is 0 Å². The molecule has 28 heavy (non-hydrogen) atoms. The van der Waals surface area contributed by atoms with Gasteiger partial charge < -0.3 is 10.2 Å². The zero-order chi connectivity index (χ0) is 21.3. The largest absolute Gasteiger partial charge is 0.507 e. The summed E-state index contributed by atoms with van der Waals surface area (Å²) in [4.78, 5) is 0. The lowest BCUT2D eigenvalue weighted by molar-refractivity contribution is 0.472. The minimum Gasteiger partial charge on any atom is -0.507 e. The average molecular weight is 381 g/mol. The van der Waals surface area contributed by atoms with Crippen LogP contribution in [-0.4, -0.2) is 21.6 Å². The summed E-state index contributed by atoms with van der Waals surface area (Å²) in [5, 5.41) is 29.2. The van der Waals surface area contributed by atoms with Gasteiger partial charge in [0.1, 0.15) is 11.5 Å². The van der Waals surface area contributed by atoms with Gasteiger partial charge in [-0.25, -0.2) is 0 Å². The molecule has 2 aromatic rings. The number of benzene rings is 2. The van der Waals surface area contributed by atoms with Gasteiger partial charge in [0.2, 0.25) is 0 Å². The summed E-state index contributed by atoms with van der Waals surface area (Å²) in [6, 6.07) is 11.2. The van der Waals surface area contributed by atoms with Crippen molar-refractivity contribution in [3.05, 3.63) is 58.7 Å². The van der Waals surface area contributed by atoms with E-state index in [0.717, 1.165) is 11.1 Å². The van der Waals surface area contributed by atoms with E-state index in [1.54, 1.807) is 12.1 Å². The number of aromatic hydroxyl groups is 2. The first-order chi connectivity index (χ1) is 12.8. The van der Waals surface area contributed by atoms with Crippen LogP contribution in [-0.2, 0) is 10.8 Å². The number of rotatable bonds is 3. The van der Waals surface area contributed by atoms with Crippen LogP contribution in [0.2, 0.25) is 0 Å². The van der Waals surface area contributed by atoms with Crippen molar-refractivity contribution in [3.63, 3.8) is 0 Å². The molecule has 2 aromatic carbocycles. The quantitative estimate of drug-likeness (QED) is 0.512. The Morgan fingerprint density at radius 2 is 0.964 bits per heavy atom. The highest BCUT2D eigenvalue weighted by Gasteiger charge is 2.18. The lowest BCUT2D eigenvalue weighted by Gasteiger charge is -2.20. The summed E-state index contributed by atoms with van der Waals surface area (Å²) in [5.41, 5.74) is 4.75. The Bertz CT molecular complexity index is 849. The lowest BCUT2D eigenvalue weighted by atomic mass is 9.85. The van der Waals surface area contributed by atoms with Crippen LogP contribution < -0.4 is 0 Å². The van der Waals surface area contributed by atoms with Crippen molar-refractivity contribution in [2.45, 2.75) is 66.2 Å². The molecule has 0 aromatic heterocycles. The monoisotopic (exact) mass is 380 g/mol. The number of hydrogen-bond donors (Lipinski definition) is 2. The normalized spacial score (nSPS) is 13.7. The zero-order valence-electron chi connectivity index (χ0n) is 18.3. The van der Waals surface area contributed by atoms with Gasteiger partial charge in [-0.1, -0.05) is 53.7 Å². The van der Waals surface area contributed by atoms with Gasteiger partial charge in [0.25, 0.3) is 0 Å². The van der Waals surface area contributed by atoms with E-state index in [4.69, 9.17) is 0 Å². The molecule has 0 amide bonds. The summed E-state index contributed by atoms with van der Waals surface area (Å²) in [5.74, 6) is 0.361. The van der Waals surface area contributed by atoms with E-state index in [-0.39, 0.29) is 22.3 Å². The third-order valence-corrected chi connectivity index (χ3v) is 4.85. The predicted molar refractivity (Wildman–Crippen MR) is 118 cm³/mol. The Labute approximate surface area is 168 Å². The number of nitrogens with zero attached hydrogens (tertiary/aromatic N) is 2. The Morgan fingerprint density at radius 1 is 0.643 bits per heavy atom. The zero-order valence-corrected chi connectivity index (χ0v) is 18.3. The van der Waals surface area contributed by atoms with Gasteiger partial charge in [-0.3, -0.25) is 0 Å². The van der Waals surface area contributed by atoms with Crippen molar-refractivity contribution in [3.8, 4) is 11.5 Å². The molecular weight excluding hydrogens is 348 g/mol. The first-order valence-electron chi connectivity index (χ1n) is 9.57. The van der Waals surface area contributed by atoms with Gasteiger partial charge in [0, 0.05) is 11.1 Å². The smallest absolute Gasteiger partial charge is 0.124 e. The second kappa shape index (κ2) is 7.78. The molecule has 0 aliphatic rings. The van der Waals surface area contributed by atoms with Crippen molar-refractivity contribution < 1.29 is 10.2 Å². The highest BCUT2D eigenvalue weighted by Crippen LogP contribution is 2.29. The molecule has 0 heterocycles. The van der Waals surface area contributed by atoms with E-state index >= 15 is 0 Å². The van der Waals surface area contributed by atoms with E-state index < -0.39 is 0 Å². The molecule has 0 atom stereocenters. The summed E-state index contributed by atoms with van der Waals surface area (Å²) in [7, 11) is 0. The molecule has 150 valence electrons. The molecule has 4 heteroatoms. The van der Waals surface area contributed by atoms with Gasteiger partial charge in [0.05, 0.1) is 11.4 Å². The third-order valence-electron chi connectivity index (χ3n) is 4.85. The fourth-order valence-corrected chi connectivity index (χ4v) is 2.84. The van der Waals surface area contributed by atoms with Crippen molar-refractivity contribution in [2.24, 2.45) is 10.2 Å². The second-order valence-corrected chi connectivity index (χ2v) is 9.33. The molecule has 0 aliphatic carbocycles. The van der Waals surface area contributed by atoms with Crippen LogP contribution in [0.15, 0.2) is 46.6 Å². The van der Waals surface area contributed by atoms with Gasteiger partial charge in [0.15, 0.2) is 0 Å². The Balaban J connectivity index is 2.43. The Morgan fingerprint density at radius 3 is 1.25 bits per heavy atom. The van der Waals surface area contributed by atoms with Gasteiger partial charge in [-0.15, -0.1) is 0 Å². The molecule has 0 radical (unpaired) electrons. The maximum absolute atomic E-state index is 10.3. The molecule has 4 nitrogen and oxygen atoms in total. The summed E-state index contributed by atoms with van der Waals surface area (Å²) < 4.78 is 0. The summed E-state index contributed by atoms with van der Waals surface area (Å²) in [6.45, 7) is 16.4. The Hall–Kier alpha value is -2.62. The molecule has 2 rings (SSSR count). The van der Waals surface area contributed by atoms with Gasteiger partial charge in [-0.05, 0) is 60.1 Å². The molecule has 2 N–H and O–H groups in total. The topological polar surface area (TPSA) is 65.2 Å². The van der Waals surface area contributed by atoms with Crippen LogP contribution in [0, 0.1) is 0 Å². The van der Waals surface area contributed by atoms with Crippen LogP contribution in [0.5, 0.6) is 11.5 Å². The molecular formula is C24H32N2O2. The Kier molecular flexibility index (Phi) is 6.03.